The van der Waals surface area contributed by atoms with Crippen molar-refractivity contribution in [2.24, 2.45) is 0 Å². The molecule has 1 unspecified atom stereocenters. The summed E-state index contributed by atoms with van der Waals surface area (Å²) < 4.78 is 18.5. The Kier molecular flexibility index (Phi) is 5.03. The number of carbonyl (C=O) groups is 2. The number of aromatic nitrogens is 3. The lowest BCUT2D eigenvalue weighted by Crippen LogP contribution is -2.39. The number of carboxylic acids is 1. The molecule has 1 N–H and O–H groups in total. The predicted molar refractivity (Wildman–Crippen MR) is 98.8 cm³/mol. The minimum atomic E-state index is -1.11. The lowest BCUT2D eigenvalue weighted by Gasteiger charge is -2.30. The number of aromatic carboxylic acids is 1. The van der Waals surface area contributed by atoms with Gasteiger partial charge in [-0.05, 0) is 49.2 Å². The number of carboxylic acid groups (broad SMARTS) is 1. The Morgan fingerprint density at radius 1 is 1.21 bits per heavy atom. The molecule has 1 aliphatic heterocycles. The Labute approximate surface area is 165 Å². The number of halogens is 1. The summed E-state index contributed by atoms with van der Waals surface area (Å²) in [6, 6.07) is 8.40. The first-order chi connectivity index (χ1) is 14.0. The molecule has 1 saturated heterocycles. The second-order valence-electron chi connectivity index (χ2n) is 6.79. The second kappa shape index (κ2) is 7.78. The molecule has 1 aromatic carbocycles. The fraction of sp³-hybridized carbons (Fsp3) is 0.250. The van der Waals surface area contributed by atoms with Crippen molar-refractivity contribution in [1.29, 1.82) is 0 Å². The number of pyridine rings is 1. The molecule has 0 radical (unpaired) electrons. The van der Waals surface area contributed by atoms with Crippen LogP contribution < -0.4 is 0 Å². The summed E-state index contributed by atoms with van der Waals surface area (Å²) in [5.41, 5.74) is 0.737. The molecule has 8 nitrogen and oxygen atoms in total. The number of nitrogens with zero attached hydrogens (tertiary/aromatic N) is 4. The van der Waals surface area contributed by atoms with Crippen molar-refractivity contribution in [3.05, 3.63) is 65.6 Å². The van der Waals surface area contributed by atoms with Crippen LogP contribution in [0.5, 0.6) is 0 Å². The summed E-state index contributed by atoms with van der Waals surface area (Å²) >= 11 is 0. The standard InChI is InChI=1S/C20H17FN4O4/c21-15-5-3-12(4-6-15)17-23-18(29-24-17)14-2-1-9-25(11-14)19(26)16-10-13(20(27)28)7-8-22-16/h3-8,10,14H,1-2,9,11H2,(H,27,28). The fourth-order valence-corrected chi connectivity index (χ4v) is 3.32. The molecule has 0 bridgehead atoms. The molecule has 4 rings (SSSR count). The molecule has 1 atom stereocenters. The van der Waals surface area contributed by atoms with E-state index in [1.807, 2.05) is 0 Å². The lowest BCUT2D eigenvalue weighted by atomic mass is 9.97. The van der Waals surface area contributed by atoms with Gasteiger partial charge in [0, 0.05) is 24.8 Å². The Morgan fingerprint density at radius 2 is 2.00 bits per heavy atom. The van der Waals surface area contributed by atoms with Gasteiger partial charge >= 0.3 is 5.97 Å². The van der Waals surface area contributed by atoms with Crippen molar-refractivity contribution in [2.45, 2.75) is 18.8 Å². The van der Waals surface area contributed by atoms with Crippen LogP contribution in [0.4, 0.5) is 4.39 Å². The topological polar surface area (TPSA) is 109 Å². The number of amides is 1. The molecule has 148 valence electrons. The van der Waals surface area contributed by atoms with Crippen molar-refractivity contribution in [3.63, 3.8) is 0 Å². The van der Waals surface area contributed by atoms with Crippen molar-refractivity contribution in [2.75, 3.05) is 13.1 Å². The molecule has 3 aromatic rings. The summed E-state index contributed by atoms with van der Waals surface area (Å²) in [4.78, 5) is 33.9. The van der Waals surface area contributed by atoms with E-state index in [-0.39, 0.29) is 28.9 Å². The molecule has 29 heavy (non-hydrogen) atoms. The zero-order chi connectivity index (χ0) is 20.4. The van der Waals surface area contributed by atoms with Gasteiger partial charge in [-0.15, -0.1) is 0 Å². The summed E-state index contributed by atoms with van der Waals surface area (Å²) in [5, 5.41) is 13.1. The van der Waals surface area contributed by atoms with Gasteiger partial charge in [-0.25, -0.2) is 9.18 Å². The number of hydrogen-bond acceptors (Lipinski definition) is 6. The van der Waals surface area contributed by atoms with E-state index >= 15 is 0 Å². The highest BCUT2D eigenvalue weighted by Crippen LogP contribution is 2.28. The van der Waals surface area contributed by atoms with Gasteiger partial charge in [0.1, 0.15) is 11.5 Å². The van der Waals surface area contributed by atoms with Gasteiger partial charge in [0.05, 0.1) is 11.5 Å². The van der Waals surface area contributed by atoms with E-state index in [0.29, 0.717) is 30.4 Å². The molecule has 9 heteroatoms. The summed E-state index contributed by atoms with van der Waals surface area (Å²) in [6.07, 6.45) is 2.83. The third-order valence-electron chi connectivity index (χ3n) is 4.83. The minimum absolute atomic E-state index is 0.0118. The maximum atomic E-state index is 13.1. The first-order valence-electron chi connectivity index (χ1n) is 9.09. The van der Waals surface area contributed by atoms with E-state index in [1.54, 1.807) is 17.0 Å². The van der Waals surface area contributed by atoms with Gasteiger partial charge in [-0.1, -0.05) is 5.16 Å². The van der Waals surface area contributed by atoms with Gasteiger partial charge in [-0.2, -0.15) is 4.98 Å². The second-order valence-corrected chi connectivity index (χ2v) is 6.79. The smallest absolute Gasteiger partial charge is 0.335 e. The van der Waals surface area contributed by atoms with Crippen LogP contribution >= 0.6 is 0 Å². The van der Waals surface area contributed by atoms with E-state index in [1.165, 1.54) is 30.5 Å². The molecule has 3 heterocycles. The largest absolute Gasteiger partial charge is 0.478 e. The average Bonchev–Trinajstić information content (AvgIpc) is 3.24. The first-order valence-corrected chi connectivity index (χ1v) is 9.09. The van der Waals surface area contributed by atoms with Crippen molar-refractivity contribution in [1.82, 2.24) is 20.0 Å². The van der Waals surface area contributed by atoms with E-state index < -0.39 is 5.97 Å². The highest BCUT2D eigenvalue weighted by atomic mass is 19.1. The molecule has 0 aliphatic carbocycles. The monoisotopic (exact) mass is 396 g/mol. The summed E-state index contributed by atoms with van der Waals surface area (Å²) in [6.45, 7) is 0.899. The van der Waals surface area contributed by atoms with Gasteiger partial charge in [0.15, 0.2) is 0 Å². The molecule has 0 saturated carbocycles. The predicted octanol–water partition coefficient (Wildman–Crippen LogP) is 2.99. The van der Waals surface area contributed by atoms with Crippen molar-refractivity contribution >= 4 is 11.9 Å². The molecule has 1 aliphatic rings. The summed E-state index contributed by atoms with van der Waals surface area (Å²) in [7, 11) is 0. The van der Waals surface area contributed by atoms with Crippen LogP contribution in [-0.4, -0.2) is 50.1 Å². The van der Waals surface area contributed by atoms with Gasteiger partial charge < -0.3 is 14.5 Å². The quantitative estimate of drug-likeness (QED) is 0.722. The molecule has 2 aromatic heterocycles. The van der Waals surface area contributed by atoms with Crippen LogP contribution in [0.15, 0.2) is 47.1 Å². The number of carbonyl (C=O) groups excluding carboxylic acids is 1. The Morgan fingerprint density at radius 3 is 2.76 bits per heavy atom. The average molecular weight is 396 g/mol. The first kappa shape index (κ1) is 18.7. The van der Waals surface area contributed by atoms with E-state index in [4.69, 9.17) is 9.63 Å². The molecule has 1 fully saturated rings. The highest BCUT2D eigenvalue weighted by Gasteiger charge is 2.30. The lowest BCUT2D eigenvalue weighted by molar-refractivity contribution is 0.0689. The number of piperidine rings is 1. The fourth-order valence-electron chi connectivity index (χ4n) is 3.32. The van der Waals surface area contributed by atoms with Crippen LogP contribution in [0.1, 0.15) is 45.5 Å². The highest BCUT2D eigenvalue weighted by molar-refractivity contribution is 5.95. The van der Waals surface area contributed by atoms with Crippen LogP contribution in [0.2, 0.25) is 0 Å². The Balaban J connectivity index is 1.50. The minimum Gasteiger partial charge on any atom is -0.478 e. The number of rotatable bonds is 4. The van der Waals surface area contributed by atoms with E-state index in [0.717, 1.165) is 12.8 Å². The summed E-state index contributed by atoms with van der Waals surface area (Å²) in [5.74, 6) is -1.17. The normalized spacial score (nSPS) is 16.6. The third kappa shape index (κ3) is 3.98. The number of hydrogen-bond donors (Lipinski definition) is 1. The molecular weight excluding hydrogens is 379 g/mol. The zero-order valence-electron chi connectivity index (χ0n) is 15.3. The number of likely N-dealkylation sites (tertiary alicyclic amines) is 1. The molecular formula is C20H17FN4O4. The SMILES string of the molecule is O=C(O)c1ccnc(C(=O)N2CCCC(c3nc(-c4ccc(F)cc4)no3)C2)c1. The van der Waals surface area contributed by atoms with Crippen LogP contribution in [0.3, 0.4) is 0 Å². The maximum Gasteiger partial charge on any atom is 0.335 e. The van der Waals surface area contributed by atoms with Gasteiger partial charge in [-0.3, -0.25) is 9.78 Å². The van der Waals surface area contributed by atoms with Crippen LogP contribution in [-0.2, 0) is 0 Å². The molecule has 1 amide bonds. The third-order valence-corrected chi connectivity index (χ3v) is 4.83. The Bertz CT molecular complexity index is 1050. The molecule has 0 spiro atoms. The van der Waals surface area contributed by atoms with Crippen LogP contribution in [0, 0.1) is 5.82 Å². The van der Waals surface area contributed by atoms with Gasteiger partial charge in [0.25, 0.3) is 5.91 Å². The van der Waals surface area contributed by atoms with E-state index in [2.05, 4.69) is 15.1 Å². The number of benzene rings is 1. The van der Waals surface area contributed by atoms with Crippen LogP contribution in [0.25, 0.3) is 11.4 Å². The van der Waals surface area contributed by atoms with Crippen molar-refractivity contribution in [3.8, 4) is 11.4 Å². The van der Waals surface area contributed by atoms with E-state index in [9.17, 15) is 14.0 Å². The Hall–Kier alpha value is -3.62. The maximum absolute atomic E-state index is 13.1. The van der Waals surface area contributed by atoms with Gasteiger partial charge in [0.2, 0.25) is 11.7 Å². The van der Waals surface area contributed by atoms with Crippen molar-refractivity contribution < 1.29 is 23.6 Å². The zero-order valence-corrected chi connectivity index (χ0v) is 15.3.